The molecule has 0 aliphatic carbocycles. The fourth-order valence-corrected chi connectivity index (χ4v) is 2.91. The van der Waals surface area contributed by atoms with Crippen molar-refractivity contribution < 1.29 is 19.0 Å². The van der Waals surface area contributed by atoms with Crippen LogP contribution in [0.1, 0.15) is 5.56 Å². The van der Waals surface area contributed by atoms with Crippen LogP contribution in [0.2, 0.25) is 0 Å². The predicted molar refractivity (Wildman–Crippen MR) is 91.2 cm³/mol. The van der Waals surface area contributed by atoms with Gasteiger partial charge in [-0.05, 0) is 17.7 Å². The minimum atomic E-state index is -0.00817. The van der Waals surface area contributed by atoms with Gasteiger partial charge in [0.05, 0.1) is 33.9 Å². The molecule has 1 aliphatic rings. The van der Waals surface area contributed by atoms with Gasteiger partial charge >= 0.3 is 0 Å². The lowest BCUT2D eigenvalue weighted by Crippen LogP contribution is -2.41. The van der Waals surface area contributed by atoms with Crippen molar-refractivity contribution in [1.82, 2.24) is 10.2 Å². The molecule has 0 atom stereocenters. The molecular formula is C16H23BrN2O4. The molecule has 0 unspecified atom stereocenters. The fraction of sp³-hybridized carbons (Fsp3) is 0.562. The Kier molecular flexibility index (Phi) is 7.14. The summed E-state index contributed by atoms with van der Waals surface area (Å²) in [5.41, 5.74) is 0.867. The lowest BCUT2D eigenvalue weighted by molar-refractivity contribution is -0.120. The van der Waals surface area contributed by atoms with Crippen LogP contribution in [0, 0.1) is 0 Å². The number of benzene rings is 1. The van der Waals surface area contributed by atoms with E-state index in [2.05, 4.69) is 26.1 Å². The van der Waals surface area contributed by atoms with Gasteiger partial charge < -0.3 is 19.5 Å². The van der Waals surface area contributed by atoms with Crippen molar-refractivity contribution in [2.75, 3.05) is 53.6 Å². The van der Waals surface area contributed by atoms with Crippen molar-refractivity contribution in [2.24, 2.45) is 0 Å². The van der Waals surface area contributed by atoms with Crippen LogP contribution in [0.15, 0.2) is 16.6 Å². The number of rotatable bonds is 7. The van der Waals surface area contributed by atoms with Gasteiger partial charge in [-0.1, -0.05) is 15.9 Å². The number of nitrogens with zero attached hydrogens (tertiary/aromatic N) is 1. The molecule has 1 saturated heterocycles. The quantitative estimate of drug-likeness (QED) is 0.768. The van der Waals surface area contributed by atoms with Gasteiger partial charge in [0, 0.05) is 30.7 Å². The second kappa shape index (κ2) is 9.10. The summed E-state index contributed by atoms with van der Waals surface area (Å²) in [6, 6.07) is 3.64. The van der Waals surface area contributed by atoms with Crippen LogP contribution < -0.4 is 14.8 Å². The van der Waals surface area contributed by atoms with Gasteiger partial charge in [0.25, 0.3) is 0 Å². The summed E-state index contributed by atoms with van der Waals surface area (Å²) in [5.74, 6) is 1.24. The monoisotopic (exact) mass is 386 g/mol. The Bertz CT molecular complexity index is 533. The number of carbonyl (C=O) groups is 1. The van der Waals surface area contributed by atoms with E-state index in [0.29, 0.717) is 24.5 Å². The van der Waals surface area contributed by atoms with Crippen molar-refractivity contribution in [1.29, 1.82) is 0 Å². The van der Waals surface area contributed by atoms with Crippen molar-refractivity contribution >= 4 is 21.8 Å². The predicted octanol–water partition coefficient (Wildman–Crippen LogP) is 1.46. The molecule has 0 bridgehead atoms. The largest absolute Gasteiger partial charge is 0.493 e. The Hall–Kier alpha value is -1.31. The molecule has 1 aliphatic heterocycles. The first-order valence-electron chi connectivity index (χ1n) is 7.61. The Morgan fingerprint density at radius 1 is 1.26 bits per heavy atom. The molecule has 1 fully saturated rings. The summed E-state index contributed by atoms with van der Waals surface area (Å²) in [5, 5.41) is 2.96. The van der Waals surface area contributed by atoms with Crippen LogP contribution in [-0.2, 0) is 16.0 Å². The van der Waals surface area contributed by atoms with Crippen LogP contribution >= 0.6 is 15.9 Å². The van der Waals surface area contributed by atoms with Crippen molar-refractivity contribution in [3.05, 3.63) is 22.2 Å². The SMILES string of the molecule is COc1cc(Br)c(CC(=O)NCCN2CCOCC2)cc1OC. The van der Waals surface area contributed by atoms with E-state index >= 15 is 0 Å². The minimum absolute atomic E-state index is 0.00817. The van der Waals surface area contributed by atoms with Crippen molar-refractivity contribution in [2.45, 2.75) is 6.42 Å². The average molecular weight is 387 g/mol. The first kappa shape index (κ1) is 18.0. The second-order valence-corrected chi connectivity index (χ2v) is 6.13. The first-order chi connectivity index (χ1) is 11.1. The zero-order valence-electron chi connectivity index (χ0n) is 13.6. The van der Waals surface area contributed by atoms with Gasteiger partial charge in [-0.3, -0.25) is 9.69 Å². The smallest absolute Gasteiger partial charge is 0.224 e. The van der Waals surface area contributed by atoms with Crippen molar-refractivity contribution in [3.8, 4) is 11.5 Å². The molecule has 0 saturated carbocycles. The van der Waals surface area contributed by atoms with Crippen LogP contribution in [0.5, 0.6) is 11.5 Å². The molecule has 2 rings (SSSR count). The lowest BCUT2D eigenvalue weighted by atomic mass is 10.1. The zero-order valence-corrected chi connectivity index (χ0v) is 15.1. The number of carbonyl (C=O) groups excluding carboxylic acids is 1. The molecule has 1 heterocycles. The number of hydrogen-bond acceptors (Lipinski definition) is 5. The molecule has 1 aromatic rings. The van der Waals surface area contributed by atoms with E-state index < -0.39 is 0 Å². The molecular weight excluding hydrogens is 364 g/mol. The highest BCUT2D eigenvalue weighted by atomic mass is 79.9. The molecule has 7 heteroatoms. The number of ether oxygens (including phenoxy) is 3. The Morgan fingerprint density at radius 2 is 1.91 bits per heavy atom. The molecule has 1 aromatic carbocycles. The van der Waals surface area contributed by atoms with Gasteiger partial charge in [-0.2, -0.15) is 0 Å². The Labute approximate surface area is 145 Å². The van der Waals surface area contributed by atoms with Crippen LogP contribution in [-0.4, -0.2) is 64.4 Å². The maximum absolute atomic E-state index is 12.1. The van der Waals surface area contributed by atoms with E-state index in [-0.39, 0.29) is 5.91 Å². The molecule has 1 N–H and O–H groups in total. The zero-order chi connectivity index (χ0) is 16.7. The Morgan fingerprint density at radius 3 is 2.57 bits per heavy atom. The van der Waals surface area contributed by atoms with E-state index in [4.69, 9.17) is 14.2 Å². The summed E-state index contributed by atoms with van der Waals surface area (Å²) in [6.07, 6.45) is 0.296. The number of morpholine rings is 1. The summed E-state index contributed by atoms with van der Waals surface area (Å²) in [4.78, 5) is 14.4. The van der Waals surface area contributed by atoms with E-state index in [1.165, 1.54) is 0 Å². The molecule has 6 nitrogen and oxygen atoms in total. The van der Waals surface area contributed by atoms with Gasteiger partial charge in [-0.15, -0.1) is 0 Å². The van der Waals surface area contributed by atoms with Crippen LogP contribution in [0.3, 0.4) is 0 Å². The van der Waals surface area contributed by atoms with E-state index in [1.807, 2.05) is 12.1 Å². The molecule has 128 valence electrons. The number of hydrogen-bond donors (Lipinski definition) is 1. The number of nitrogens with one attached hydrogen (secondary N) is 1. The number of amides is 1. The van der Waals surface area contributed by atoms with Crippen molar-refractivity contribution in [3.63, 3.8) is 0 Å². The maximum atomic E-state index is 12.1. The molecule has 0 spiro atoms. The van der Waals surface area contributed by atoms with Gasteiger partial charge in [0.2, 0.25) is 5.91 Å². The minimum Gasteiger partial charge on any atom is -0.493 e. The molecule has 1 amide bonds. The summed E-state index contributed by atoms with van der Waals surface area (Å²) in [6.45, 7) is 4.89. The topological polar surface area (TPSA) is 60.0 Å². The third-order valence-corrected chi connectivity index (χ3v) is 4.50. The summed E-state index contributed by atoms with van der Waals surface area (Å²) in [7, 11) is 3.17. The normalized spacial score (nSPS) is 15.3. The van der Waals surface area contributed by atoms with E-state index in [9.17, 15) is 4.79 Å². The number of halogens is 1. The van der Waals surface area contributed by atoms with E-state index in [1.54, 1.807) is 14.2 Å². The highest BCUT2D eigenvalue weighted by Gasteiger charge is 2.13. The highest BCUT2D eigenvalue weighted by molar-refractivity contribution is 9.10. The third kappa shape index (κ3) is 5.37. The first-order valence-corrected chi connectivity index (χ1v) is 8.40. The van der Waals surface area contributed by atoms with Gasteiger partial charge in [-0.25, -0.2) is 0 Å². The Balaban J connectivity index is 1.84. The summed E-state index contributed by atoms with van der Waals surface area (Å²) >= 11 is 3.47. The molecule has 0 radical (unpaired) electrons. The van der Waals surface area contributed by atoms with Gasteiger partial charge in [0.15, 0.2) is 11.5 Å². The summed E-state index contributed by atoms with van der Waals surface area (Å²) < 4.78 is 16.7. The molecule has 23 heavy (non-hydrogen) atoms. The van der Waals surface area contributed by atoms with E-state index in [0.717, 1.165) is 42.9 Å². The highest BCUT2D eigenvalue weighted by Crippen LogP contribution is 2.33. The number of methoxy groups -OCH3 is 2. The van der Waals surface area contributed by atoms with Gasteiger partial charge in [0.1, 0.15) is 0 Å². The maximum Gasteiger partial charge on any atom is 0.224 e. The van der Waals surface area contributed by atoms with Crippen LogP contribution in [0.4, 0.5) is 0 Å². The lowest BCUT2D eigenvalue weighted by Gasteiger charge is -2.26. The second-order valence-electron chi connectivity index (χ2n) is 5.28. The standard InChI is InChI=1S/C16H23BrN2O4/c1-21-14-9-12(13(17)11-15(14)22-2)10-16(20)18-3-4-19-5-7-23-8-6-19/h9,11H,3-8,10H2,1-2H3,(H,18,20). The average Bonchev–Trinajstić information content (AvgIpc) is 2.57. The fourth-order valence-electron chi connectivity index (χ4n) is 2.45. The third-order valence-electron chi connectivity index (χ3n) is 3.76. The van der Waals surface area contributed by atoms with Crippen LogP contribution in [0.25, 0.3) is 0 Å². The molecule has 0 aromatic heterocycles.